The van der Waals surface area contributed by atoms with Crippen LogP contribution in [0.25, 0.3) is 6.08 Å². The van der Waals surface area contributed by atoms with Crippen molar-refractivity contribution in [2.75, 3.05) is 0 Å². The van der Waals surface area contributed by atoms with E-state index < -0.39 is 0 Å². The molecule has 0 amide bonds. The summed E-state index contributed by atoms with van der Waals surface area (Å²) in [5.41, 5.74) is 0.720. The third-order valence-corrected chi connectivity index (χ3v) is 1.97. The maximum Gasteiger partial charge on any atom is 0.175 e. The first kappa shape index (κ1) is 11.5. The number of nitrogens with zero attached hydrogens (tertiary/aromatic N) is 1. The zero-order chi connectivity index (χ0) is 11.3. The van der Waals surface area contributed by atoms with Crippen LogP contribution in [0.4, 0.5) is 0 Å². The van der Waals surface area contributed by atoms with Crippen LogP contribution in [0.2, 0.25) is 0 Å². The van der Waals surface area contributed by atoms with E-state index in [-0.39, 0.29) is 5.54 Å². The van der Waals surface area contributed by atoms with E-state index in [4.69, 9.17) is 0 Å². The fourth-order valence-electron chi connectivity index (χ4n) is 1.02. The highest BCUT2D eigenvalue weighted by molar-refractivity contribution is 5.74. The molecule has 0 atom stereocenters. The molecule has 2 heteroatoms. The van der Waals surface area contributed by atoms with Crippen LogP contribution < -0.4 is 0 Å². The largest absolute Gasteiger partial charge is 0.623 e. The summed E-state index contributed by atoms with van der Waals surface area (Å²) in [5, 5.41) is 11.5. The molecule has 0 bridgehead atoms. The lowest BCUT2D eigenvalue weighted by atomic mass is 10.1. The lowest BCUT2D eigenvalue weighted by molar-refractivity contribution is -0.530. The molecule has 1 aromatic rings. The first-order chi connectivity index (χ1) is 7.00. The molecular weight excluding hydrogens is 186 g/mol. The van der Waals surface area contributed by atoms with Gasteiger partial charge in [0.1, 0.15) is 0 Å². The maximum atomic E-state index is 11.5. The summed E-state index contributed by atoms with van der Waals surface area (Å²) in [4.78, 5) is 0. The molecular formula is C13H17NO. The van der Waals surface area contributed by atoms with Crippen LogP contribution in [0.5, 0.6) is 0 Å². The van der Waals surface area contributed by atoms with Gasteiger partial charge in [-0.25, -0.2) is 4.74 Å². The summed E-state index contributed by atoms with van der Waals surface area (Å²) in [6.07, 6.45) is 5.23. The minimum absolute atomic E-state index is 0.374. The predicted molar refractivity (Wildman–Crippen MR) is 64.9 cm³/mol. The van der Waals surface area contributed by atoms with Gasteiger partial charge in [-0.05, 0) is 11.6 Å². The average molecular weight is 203 g/mol. The molecule has 0 N–H and O–H groups in total. The third kappa shape index (κ3) is 3.98. The van der Waals surface area contributed by atoms with Crippen molar-refractivity contribution < 1.29 is 4.74 Å². The molecule has 1 aromatic carbocycles. The summed E-state index contributed by atoms with van der Waals surface area (Å²) < 4.78 is 0.951. The lowest BCUT2D eigenvalue weighted by Gasteiger charge is -2.17. The molecule has 2 nitrogen and oxygen atoms in total. The fraction of sp³-hybridized carbons (Fsp3) is 0.308. The van der Waals surface area contributed by atoms with E-state index in [9.17, 15) is 5.21 Å². The van der Waals surface area contributed by atoms with Gasteiger partial charge in [0.05, 0.1) is 0 Å². The Bertz CT molecular complexity index is 358. The van der Waals surface area contributed by atoms with Crippen molar-refractivity contribution in [3.8, 4) is 0 Å². The van der Waals surface area contributed by atoms with Crippen molar-refractivity contribution in [1.29, 1.82) is 0 Å². The Morgan fingerprint density at radius 1 is 1.13 bits per heavy atom. The van der Waals surface area contributed by atoms with Crippen molar-refractivity contribution in [2.45, 2.75) is 26.3 Å². The van der Waals surface area contributed by atoms with Crippen molar-refractivity contribution in [2.24, 2.45) is 0 Å². The Balaban J connectivity index is 2.69. The molecule has 0 aromatic heterocycles. The van der Waals surface area contributed by atoms with Gasteiger partial charge < -0.3 is 5.21 Å². The highest BCUT2D eigenvalue weighted by atomic mass is 16.5. The van der Waals surface area contributed by atoms with Crippen LogP contribution >= 0.6 is 0 Å². The second-order valence-electron chi connectivity index (χ2n) is 4.42. The minimum Gasteiger partial charge on any atom is -0.623 e. The molecule has 0 unspecified atom stereocenters. The van der Waals surface area contributed by atoms with Gasteiger partial charge in [-0.3, -0.25) is 0 Å². The molecule has 0 saturated carbocycles. The number of hydrogen-bond acceptors (Lipinski definition) is 1. The first-order valence-corrected chi connectivity index (χ1v) is 5.03. The third-order valence-electron chi connectivity index (χ3n) is 1.97. The smallest absolute Gasteiger partial charge is 0.175 e. The van der Waals surface area contributed by atoms with Gasteiger partial charge in [0.25, 0.3) is 0 Å². The van der Waals surface area contributed by atoms with Crippen molar-refractivity contribution in [1.82, 2.24) is 0 Å². The molecule has 0 heterocycles. The van der Waals surface area contributed by atoms with E-state index >= 15 is 0 Å². The van der Waals surface area contributed by atoms with E-state index in [0.29, 0.717) is 0 Å². The highest BCUT2D eigenvalue weighted by Crippen LogP contribution is 2.05. The van der Waals surface area contributed by atoms with E-state index in [1.165, 1.54) is 0 Å². The van der Waals surface area contributed by atoms with E-state index in [1.807, 2.05) is 57.2 Å². The Hall–Kier alpha value is -1.57. The number of rotatable bonds is 2. The molecule has 1 rings (SSSR count). The second kappa shape index (κ2) is 4.78. The zero-order valence-corrected chi connectivity index (χ0v) is 9.47. The Kier molecular flexibility index (Phi) is 3.67. The average Bonchev–Trinajstić information content (AvgIpc) is 2.18. The van der Waals surface area contributed by atoms with E-state index in [2.05, 4.69) is 0 Å². The van der Waals surface area contributed by atoms with Gasteiger partial charge in [-0.15, -0.1) is 0 Å². The zero-order valence-electron chi connectivity index (χ0n) is 9.47. The Morgan fingerprint density at radius 2 is 1.73 bits per heavy atom. The van der Waals surface area contributed by atoms with Gasteiger partial charge in [0.15, 0.2) is 11.8 Å². The monoisotopic (exact) mass is 203 g/mol. The molecule has 0 aliphatic rings. The first-order valence-electron chi connectivity index (χ1n) is 5.03. The second-order valence-corrected chi connectivity index (χ2v) is 4.42. The molecule has 80 valence electrons. The Labute approximate surface area is 91.1 Å². The van der Waals surface area contributed by atoms with Gasteiger partial charge in [0, 0.05) is 26.8 Å². The molecule has 0 fully saturated rings. The molecule has 0 spiro atoms. The summed E-state index contributed by atoms with van der Waals surface area (Å²) in [6.45, 7) is 5.65. The van der Waals surface area contributed by atoms with Crippen molar-refractivity contribution in [3.05, 3.63) is 47.2 Å². The van der Waals surface area contributed by atoms with Gasteiger partial charge in [0.2, 0.25) is 0 Å². The summed E-state index contributed by atoms with van der Waals surface area (Å²) in [5.74, 6) is 0. The van der Waals surface area contributed by atoms with Crippen LogP contribution in [-0.2, 0) is 0 Å². The van der Waals surface area contributed by atoms with Crippen LogP contribution in [0.1, 0.15) is 26.3 Å². The fourth-order valence-corrected chi connectivity index (χ4v) is 1.02. The maximum absolute atomic E-state index is 11.5. The molecule has 0 saturated heterocycles. The van der Waals surface area contributed by atoms with Gasteiger partial charge >= 0.3 is 0 Å². The van der Waals surface area contributed by atoms with Gasteiger partial charge in [-0.2, -0.15) is 0 Å². The minimum atomic E-state index is -0.374. The molecule has 15 heavy (non-hydrogen) atoms. The van der Waals surface area contributed by atoms with Crippen LogP contribution in [0.15, 0.2) is 36.4 Å². The lowest BCUT2D eigenvalue weighted by Crippen LogP contribution is -2.28. The molecule has 0 aliphatic carbocycles. The standard InChI is InChI=1S/C13H17NO/c1-13(2,3)14(15)11-7-10-12-8-5-4-6-9-12/h4-11H,1-3H3. The van der Waals surface area contributed by atoms with Crippen molar-refractivity contribution >= 4 is 12.3 Å². The quantitative estimate of drug-likeness (QED) is 0.314. The van der Waals surface area contributed by atoms with Crippen LogP contribution in [0, 0.1) is 5.21 Å². The van der Waals surface area contributed by atoms with E-state index in [0.717, 1.165) is 10.3 Å². The number of hydroxylamine groups is 1. The predicted octanol–water partition coefficient (Wildman–Crippen LogP) is 3.08. The molecule has 0 radical (unpaired) electrons. The summed E-state index contributed by atoms with van der Waals surface area (Å²) >= 11 is 0. The number of hydrogen-bond donors (Lipinski definition) is 0. The van der Waals surface area contributed by atoms with Crippen LogP contribution in [0.3, 0.4) is 0 Å². The van der Waals surface area contributed by atoms with Crippen molar-refractivity contribution in [3.63, 3.8) is 0 Å². The summed E-state index contributed by atoms with van der Waals surface area (Å²) in [7, 11) is 0. The normalized spacial score (nSPS) is 13.4. The highest BCUT2D eigenvalue weighted by Gasteiger charge is 2.16. The topological polar surface area (TPSA) is 26.1 Å². The summed E-state index contributed by atoms with van der Waals surface area (Å²) in [6, 6.07) is 9.90. The molecule has 0 aliphatic heterocycles. The number of benzene rings is 1. The van der Waals surface area contributed by atoms with Gasteiger partial charge in [-0.1, -0.05) is 30.3 Å². The van der Waals surface area contributed by atoms with E-state index in [1.54, 1.807) is 12.3 Å². The van der Waals surface area contributed by atoms with Crippen LogP contribution in [-0.4, -0.2) is 16.5 Å². The number of allylic oxidation sites excluding steroid dienone is 1. The Morgan fingerprint density at radius 3 is 2.27 bits per heavy atom. The SMILES string of the molecule is CC(C)(C)[N+]([O-])=CC=Cc1ccccc1.